The third kappa shape index (κ3) is 4.75. The van der Waals surface area contributed by atoms with Crippen LogP contribution < -0.4 is 16.0 Å². The minimum absolute atomic E-state index is 0.0159. The molecule has 0 aliphatic carbocycles. The number of ether oxygens (including phenoxy) is 1. The Morgan fingerprint density at radius 3 is 1.79 bits per heavy atom. The summed E-state index contributed by atoms with van der Waals surface area (Å²) in [6.07, 6.45) is 0. The van der Waals surface area contributed by atoms with Crippen LogP contribution in [0.1, 0.15) is 0 Å². The minimum atomic E-state index is -0.495. The molecule has 0 unspecified atom stereocenters. The number of para-hydroxylation sites is 4. The fourth-order valence-corrected chi connectivity index (χ4v) is 2.19. The lowest BCUT2D eigenvalue weighted by Gasteiger charge is -2.12. The Hall–Kier alpha value is -4.08. The first-order valence-electron chi connectivity index (χ1n) is 8.22. The van der Waals surface area contributed by atoms with E-state index in [0.717, 1.165) is 0 Å². The lowest BCUT2D eigenvalue weighted by atomic mass is 10.3. The number of carbonyl (C=O) groups is 1. The van der Waals surface area contributed by atoms with Crippen molar-refractivity contribution in [3.63, 3.8) is 0 Å². The summed E-state index contributed by atoms with van der Waals surface area (Å²) in [5, 5.41) is 28.4. The van der Waals surface area contributed by atoms with Gasteiger partial charge in [-0.15, -0.1) is 0 Å². The fourth-order valence-electron chi connectivity index (χ4n) is 2.19. The molecule has 28 heavy (non-hydrogen) atoms. The Bertz CT molecular complexity index is 916. The van der Waals surface area contributed by atoms with Gasteiger partial charge in [-0.1, -0.05) is 24.3 Å². The van der Waals surface area contributed by atoms with Crippen molar-refractivity contribution in [2.24, 2.45) is 0 Å². The van der Waals surface area contributed by atoms with Gasteiger partial charge in [-0.3, -0.25) is 4.79 Å². The zero-order chi connectivity index (χ0) is 19.9. The number of aromatic hydroxyl groups is 2. The largest absolute Gasteiger partial charge is 0.506 e. The number of esters is 1. The normalized spacial score (nSPS) is 10.2. The maximum atomic E-state index is 11.4. The Morgan fingerprint density at radius 1 is 0.857 bits per heavy atom. The monoisotopic (exact) mass is 382 g/mol. The van der Waals surface area contributed by atoms with Crippen molar-refractivity contribution in [1.29, 1.82) is 0 Å². The smallest absolute Gasteiger partial charge is 0.325 e. The topological polar surface area (TPSA) is 142 Å². The zero-order valence-corrected chi connectivity index (χ0v) is 14.9. The van der Waals surface area contributed by atoms with E-state index in [1.165, 1.54) is 19.2 Å². The number of nitrogens with one attached hydrogen (secondary N) is 3. The molecule has 1 heterocycles. The second kappa shape index (κ2) is 8.54. The number of anilines is 5. The first kappa shape index (κ1) is 18.7. The van der Waals surface area contributed by atoms with Crippen LogP contribution in [0.5, 0.6) is 11.5 Å². The van der Waals surface area contributed by atoms with Crippen LogP contribution in [-0.4, -0.2) is 44.8 Å². The van der Waals surface area contributed by atoms with Gasteiger partial charge in [0.1, 0.15) is 18.0 Å². The van der Waals surface area contributed by atoms with Gasteiger partial charge >= 0.3 is 5.97 Å². The third-order valence-electron chi connectivity index (χ3n) is 3.55. The first-order chi connectivity index (χ1) is 13.5. The second-order valence-electron chi connectivity index (χ2n) is 5.52. The average Bonchev–Trinajstić information content (AvgIpc) is 2.69. The molecule has 10 nitrogen and oxygen atoms in total. The lowest BCUT2D eigenvalue weighted by Crippen LogP contribution is -2.17. The molecule has 5 N–H and O–H groups in total. The summed E-state index contributed by atoms with van der Waals surface area (Å²) in [6, 6.07) is 13.2. The van der Waals surface area contributed by atoms with E-state index in [1.807, 2.05) is 0 Å². The van der Waals surface area contributed by atoms with E-state index in [4.69, 9.17) is 0 Å². The number of hydrogen-bond acceptors (Lipinski definition) is 10. The Kier molecular flexibility index (Phi) is 5.70. The van der Waals surface area contributed by atoms with Crippen molar-refractivity contribution >= 4 is 35.2 Å². The number of hydrogen-bond donors (Lipinski definition) is 5. The van der Waals surface area contributed by atoms with Gasteiger partial charge in [0.25, 0.3) is 0 Å². The van der Waals surface area contributed by atoms with Gasteiger partial charge in [-0.05, 0) is 24.3 Å². The quantitative estimate of drug-likeness (QED) is 0.305. The average molecular weight is 382 g/mol. The summed E-state index contributed by atoms with van der Waals surface area (Å²) in [4.78, 5) is 24.0. The summed E-state index contributed by atoms with van der Waals surface area (Å²) >= 11 is 0. The van der Waals surface area contributed by atoms with Crippen LogP contribution in [0, 0.1) is 0 Å². The standard InChI is InChI=1S/C18H18N6O4/c1-28-15(27)10-19-16-22-17(20-11-6-2-4-8-13(11)25)24-18(23-16)21-12-7-3-5-9-14(12)26/h2-9,25-26H,10H2,1H3,(H3,19,20,21,22,23,24). The summed E-state index contributed by atoms with van der Waals surface area (Å²) in [5.74, 6) is -0.143. The van der Waals surface area contributed by atoms with Gasteiger partial charge in [-0.2, -0.15) is 15.0 Å². The van der Waals surface area contributed by atoms with Crippen LogP contribution in [0.2, 0.25) is 0 Å². The molecule has 3 rings (SSSR count). The highest BCUT2D eigenvalue weighted by atomic mass is 16.5. The van der Waals surface area contributed by atoms with Crippen LogP contribution in [0.3, 0.4) is 0 Å². The van der Waals surface area contributed by atoms with Crippen molar-refractivity contribution in [2.75, 3.05) is 29.6 Å². The predicted molar refractivity (Wildman–Crippen MR) is 103 cm³/mol. The highest BCUT2D eigenvalue weighted by Crippen LogP contribution is 2.27. The number of nitrogens with zero attached hydrogens (tertiary/aromatic N) is 3. The molecule has 3 aromatic rings. The van der Waals surface area contributed by atoms with Crippen molar-refractivity contribution in [2.45, 2.75) is 0 Å². The van der Waals surface area contributed by atoms with Crippen LogP contribution in [-0.2, 0) is 9.53 Å². The molecular formula is C18H18N6O4. The zero-order valence-electron chi connectivity index (χ0n) is 14.9. The van der Waals surface area contributed by atoms with Gasteiger partial charge in [0, 0.05) is 0 Å². The lowest BCUT2D eigenvalue weighted by molar-refractivity contribution is -0.138. The molecule has 144 valence electrons. The van der Waals surface area contributed by atoms with Gasteiger partial charge in [-0.25, -0.2) is 0 Å². The Morgan fingerprint density at radius 2 is 1.32 bits per heavy atom. The molecule has 0 atom stereocenters. The van der Waals surface area contributed by atoms with E-state index in [1.54, 1.807) is 36.4 Å². The predicted octanol–water partition coefficient (Wildman–Crippen LogP) is 2.35. The highest BCUT2D eigenvalue weighted by Gasteiger charge is 2.11. The first-order valence-corrected chi connectivity index (χ1v) is 8.22. The molecule has 0 aliphatic rings. The summed E-state index contributed by atoms with van der Waals surface area (Å²) in [6.45, 7) is -0.146. The second-order valence-corrected chi connectivity index (χ2v) is 5.52. The van der Waals surface area contributed by atoms with Crippen LogP contribution >= 0.6 is 0 Å². The fraction of sp³-hybridized carbons (Fsp3) is 0.111. The van der Waals surface area contributed by atoms with Crippen LogP contribution in [0.25, 0.3) is 0 Å². The molecule has 0 spiro atoms. The van der Waals surface area contributed by atoms with Crippen LogP contribution in [0.4, 0.5) is 29.2 Å². The SMILES string of the molecule is COC(=O)CNc1nc(Nc2ccccc2O)nc(Nc2ccccc2O)n1. The van der Waals surface area contributed by atoms with Crippen LogP contribution in [0.15, 0.2) is 48.5 Å². The van der Waals surface area contributed by atoms with Crippen molar-refractivity contribution in [3.05, 3.63) is 48.5 Å². The summed E-state index contributed by atoms with van der Waals surface area (Å²) in [7, 11) is 1.27. The van der Waals surface area contributed by atoms with Gasteiger partial charge < -0.3 is 30.9 Å². The number of carbonyl (C=O) groups excluding carboxylic acids is 1. The van der Waals surface area contributed by atoms with E-state index < -0.39 is 5.97 Å². The molecule has 0 saturated heterocycles. The maximum absolute atomic E-state index is 11.4. The van der Waals surface area contributed by atoms with Gasteiger partial charge in [0.2, 0.25) is 17.8 Å². The minimum Gasteiger partial charge on any atom is -0.506 e. The molecule has 0 aliphatic heterocycles. The Balaban J connectivity index is 1.90. The van der Waals surface area contributed by atoms with Crippen molar-refractivity contribution in [3.8, 4) is 11.5 Å². The molecule has 0 radical (unpaired) electrons. The summed E-state index contributed by atoms with van der Waals surface area (Å²) in [5.41, 5.74) is 0.780. The highest BCUT2D eigenvalue weighted by molar-refractivity contribution is 5.74. The number of phenolic OH excluding ortho intramolecular Hbond substituents is 2. The maximum Gasteiger partial charge on any atom is 0.325 e. The van der Waals surface area contributed by atoms with Crippen molar-refractivity contribution < 1.29 is 19.7 Å². The third-order valence-corrected chi connectivity index (χ3v) is 3.55. The number of phenols is 2. The van der Waals surface area contributed by atoms with E-state index in [9.17, 15) is 15.0 Å². The van der Waals surface area contributed by atoms with Gasteiger partial charge in [0.05, 0.1) is 18.5 Å². The molecule has 0 saturated carbocycles. The van der Waals surface area contributed by atoms with E-state index in [2.05, 4.69) is 35.6 Å². The molecule has 10 heteroatoms. The van der Waals surface area contributed by atoms with E-state index >= 15 is 0 Å². The van der Waals surface area contributed by atoms with Gasteiger partial charge in [0.15, 0.2) is 0 Å². The number of benzene rings is 2. The summed E-state index contributed by atoms with van der Waals surface area (Å²) < 4.78 is 4.59. The number of methoxy groups -OCH3 is 1. The number of aromatic nitrogens is 3. The van der Waals surface area contributed by atoms with E-state index in [-0.39, 0.29) is 35.9 Å². The molecule has 0 fully saturated rings. The van der Waals surface area contributed by atoms with E-state index in [0.29, 0.717) is 11.4 Å². The molecular weight excluding hydrogens is 364 g/mol. The molecule has 0 amide bonds. The van der Waals surface area contributed by atoms with Crippen molar-refractivity contribution in [1.82, 2.24) is 15.0 Å². The molecule has 0 bridgehead atoms. The molecule has 1 aromatic heterocycles. The molecule has 2 aromatic carbocycles. The number of rotatable bonds is 7. The Labute approximate surface area is 160 Å².